The van der Waals surface area contributed by atoms with Gasteiger partial charge in [0.05, 0.1) is 11.7 Å². The standard InChI is InChI=1S/C10H11F4NO/c11-7-1-2-9(10(12,13)14)6(3-7)4-8(16)5-15/h1-3,8,16H,4-5,15H2. The van der Waals surface area contributed by atoms with E-state index in [0.717, 1.165) is 12.1 Å². The molecule has 0 aliphatic carbocycles. The third kappa shape index (κ3) is 3.18. The summed E-state index contributed by atoms with van der Waals surface area (Å²) in [7, 11) is 0. The number of aliphatic hydroxyl groups is 1. The number of benzene rings is 1. The third-order valence-corrected chi connectivity index (χ3v) is 2.10. The van der Waals surface area contributed by atoms with Crippen molar-refractivity contribution in [1.29, 1.82) is 0 Å². The van der Waals surface area contributed by atoms with E-state index in [1.807, 2.05) is 0 Å². The highest BCUT2D eigenvalue weighted by Crippen LogP contribution is 2.32. The van der Waals surface area contributed by atoms with Gasteiger partial charge in [0.2, 0.25) is 0 Å². The quantitative estimate of drug-likeness (QED) is 0.786. The fraction of sp³-hybridized carbons (Fsp3) is 0.400. The fourth-order valence-electron chi connectivity index (χ4n) is 1.34. The van der Waals surface area contributed by atoms with E-state index in [-0.39, 0.29) is 18.5 Å². The molecule has 1 aromatic rings. The second-order valence-electron chi connectivity index (χ2n) is 3.39. The predicted octanol–water partition coefficient (Wildman–Crippen LogP) is 1.71. The minimum absolute atomic E-state index is 0.173. The maximum absolute atomic E-state index is 12.8. The molecule has 0 spiro atoms. The van der Waals surface area contributed by atoms with Crippen molar-refractivity contribution in [2.45, 2.75) is 18.7 Å². The predicted molar refractivity (Wildman–Crippen MR) is 50.2 cm³/mol. The van der Waals surface area contributed by atoms with Gasteiger partial charge in [0, 0.05) is 13.0 Å². The van der Waals surface area contributed by atoms with E-state index in [1.165, 1.54) is 0 Å². The lowest BCUT2D eigenvalue weighted by Gasteiger charge is -2.14. The normalized spacial score (nSPS) is 13.9. The van der Waals surface area contributed by atoms with Crippen LogP contribution in [0.5, 0.6) is 0 Å². The number of alkyl halides is 3. The zero-order valence-electron chi connectivity index (χ0n) is 8.26. The van der Waals surface area contributed by atoms with E-state index < -0.39 is 23.7 Å². The van der Waals surface area contributed by atoms with Crippen molar-refractivity contribution in [2.75, 3.05) is 6.54 Å². The first-order chi connectivity index (χ1) is 7.34. The molecule has 0 aromatic heterocycles. The second-order valence-corrected chi connectivity index (χ2v) is 3.39. The number of nitrogens with two attached hydrogens (primary N) is 1. The van der Waals surface area contributed by atoms with Crippen LogP contribution in [-0.4, -0.2) is 17.8 Å². The minimum atomic E-state index is -4.56. The van der Waals surface area contributed by atoms with E-state index in [0.29, 0.717) is 6.07 Å². The van der Waals surface area contributed by atoms with Gasteiger partial charge in [-0.2, -0.15) is 13.2 Å². The van der Waals surface area contributed by atoms with Crippen molar-refractivity contribution < 1.29 is 22.7 Å². The summed E-state index contributed by atoms with van der Waals surface area (Å²) >= 11 is 0. The average molecular weight is 237 g/mol. The first kappa shape index (κ1) is 12.9. The van der Waals surface area contributed by atoms with Crippen LogP contribution in [0.15, 0.2) is 18.2 Å². The van der Waals surface area contributed by atoms with Crippen molar-refractivity contribution in [3.8, 4) is 0 Å². The number of aliphatic hydroxyl groups excluding tert-OH is 1. The molecular weight excluding hydrogens is 226 g/mol. The molecule has 0 amide bonds. The van der Waals surface area contributed by atoms with E-state index in [2.05, 4.69) is 0 Å². The largest absolute Gasteiger partial charge is 0.416 e. The Morgan fingerprint density at radius 2 is 1.94 bits per heavy atom. The maximum atomic E-state index is 12.8. The summed E-state index contributed by atoms with van der Waals surface area (Å²) in [5.41, 5.74) is 3.86. The Kier molecular flexibility index (Phi) is 3.88. The lowest BCUT2D eigenvalue weighted by atomic mass is 10.0. The first-order valence-electron chi connectivity index (χ1n) is 4.58. The Morgan fingerprint density at radius 1 is 1.31 bits per heavy atom. The molecular formula is C10H11F4NO. The maximum Gasteiger partial charge on any atom is 0.416 e. The highest BCUT2D eigenvalue weighted by molar-refractivity contribution is 5.31. The second kappa shape index (κ2) is 4.80. The van der Waals surface area contributed by atoms with Gasteiger partial charge in [0.25, 0.3) is 0 Å². The molecule has 16 heavy (non-hydrogen) atoms. The van der Waals surface area contributed by atoms with Crippen LogP contribution in [0.1, 0.15) is 11.1 Å². The van der Waals surface area contributed by atoms with Crippen LogP contribution >= 0.6 is 0 Å². The Labute approximate surface area is 89.7 Å². The summed E-state index contributed by atoms with van der Waals surface area (Å²) in [6.07, 6.45) is -5.98. The van der Waals surface area contributed by atoms with Crippen molar-refractivity contribution >= 4 is 0 Å². The molecule has 0 fully saturated rings. The van der Waals surface area contributed by atoms with Crippen LogP contribution < -0.4 is 5.73 Å². The Bertz CT molecular complexity index is 364. The molecule has 0 bridgehead atoms. The van der Waals surface area contributed by atoms with E-state index in [4.69, 9.17) is 5.73 Å². The molecule has 1 aromatic carbocycles. The molecule has 2 nitrogen and oxygen atoms in total. The third-order valence-electron chi connectivity index (χ3n) is 2.10. The molecule has 90 valence electrons. The van der Waals surface area contributed by atoms with E-state index >= 15 is 0 Å². The highest BCUT2D eigenvalue weighted by Gasteiger charge is 2.33. The van der Waals surface area contributed by atoms with Gasteiger partial charge >= 0.3 is 6.18 Å². The van der Waals surface area contributed by atoms with Crippen LogP contribution in [0.3, 0.4) is 0 Å². The van der Waals surface area contributed by atoms with Crippen molar-refractivity contribution in [1.82, 2.24) is 0 Å². The van der Waals surface area contributed by atoms with Crippen LogP contribution in [0, 0.1) is 5.82 Å². The molecule has 1 rings (SSSR count). The summed E-state index contributed by atoms with van der Waals surface area (Å²) in [6.45, 7) is -0.173. The molecule has 6 heteroatoms. The Morgan fingerprint density at radius 3 is 2.44 bits per heavy atom. The minimum Gasteiger partial charge on any atom is -0.391 e. The lowest BCUT2D eigenvalue weighted by molar-refractivity contribution is -0.138. The smallest absolute Gasteiger partial charge is 0.391 e. The SMILES string of the molecule is NCC(O)Cc1cc(F)ccc1C(F)(F)F. The zero-order valence-corrected chi connectivity index (χ0v) is 8.26. The number of halogens is 4. The number of hydrogen-bond acceptors (Lipinski definition) is 2. The van der Waals surface area contributed by atoms with Crippen molar-refractivity contribution in [2.24, 2.45) is 5.73 Å². The molecule has 0 radical (unpaired) electrons. The van der Waals surface area contributed by atoms with E-state index in [9.17, 15) is 22.7 Å². The molecule has 0 heterocycles. The summed E-state index contributed by atoms with van der Waals surface area (Å²) in [4.78, 5) is 0. The first-order valence-corrected chi connectivity index (χ1v) is 4.58. The monoisotopic (exact) mass is 237 g/mol. The summed E-state index contributed by atoms with van der Waals surface area (Å²) < 4.78 is 50.3. The van der Waals surface area contributed by atoms with E-state index in [1.54, 1.807) is 0 Å². The van der Waals surface area contributed by atoms with Crippen molar-refractivity contribution in [3.63, 3.8) is 0 Å². The Hall–Kier alpha value is -1.14. The van der Waals surface area contributed by atoms with Crippen LogP contribution in [0.2, 0.25) is 0 Å². The van der Waals surface area contributed by atoms with Gasteiger partial charge in [-0.1, -0.05) is 0 Å². The molecule has 0 saturated heterocycles. The lowest BCUT2D eigenvalue weighted by Crippen LogP contribution is -2.23. The van der Waals surface area contributed by atoms with Gasteiger partial charge in [-0.3, -0.25) is 0 Å². The summed E-state index contributed by atoms with van der Waals surface area (Å²) in [6, 6.07) is 2.16. The van der Waals surface area contributed by atoms with Gasteiger partial charge in [0.1, 0.15) is 5.82 Å². The van der Waals surface area contributed by atoms with Gasteiger partial charge in [-0.05, 0) is 23.8 Å². The Balaban J connectivity index is 3.09. The zero-order chi connectivity index (χ0) is 12.3. The topological polar surface area (TPSA) is 46.2 Å². The molecule has 0 aliphatic heterocycles. The van der Waals surface area contributed by atoms with Gasteiger partial charge in [0.15, 0.2) is 0 Å². The molecule has 0 aliphatic rings. The molecule has 3 N–H and O–H groups in total. The van der Waals surface area contributed by atoms with Crippen LogP contribution in [0.25, 0.3) is 0 Å². The molecule has 0 saturated carbocycles. The fourth-order valence-corrected chi connectivity index (χ4v) is 1.34. The highest BCUT2D eigenvalue weighted by atomic mass is 19.4. The average Bonchev–Trinajstić information content (AvgIpc) is 2.15. The summed E-state index contributed by atoms with van der Waals surface area (Å²) in [5, 5.41) is 9.18. The van der Waals surface area contributed by atoms with Crippen LogP contribution in [-0.2, 0) is 12.6 Å². The van der Waals surface area contributed by atoms with Gasteiger partial charge in [-0.25, -0.2) is 4.39 Å². The van der Waals surface area contributed by atoms with Gasteiger partial charge in [-0.15, -0.1) is 0 Å². The number of hydrogen-bond donors (Lipinski definition) is 2. The molecule has 1 unspecified atom stereocenters. The van der Waals surface area contributed by atoms with Gasteiger partial charge < -0.3 is 10.8 Å². The summed E-state index contributed by atoms with van der Waals surface area (Å²) in [5.74, 6) is -0.771. The van der Waals surface area contributed by atoms with Crippen LogP contribution in [0.4, 0.5) is 17.6 Å². The molecule has 1 atom stereocenters. The number of rotatable bonds is 3. The van der Waals surface area contributed by atoms with Crippen molar-refractivity contribution in [3.05, 3.63) is 35.1 Å².